The summed E-state index contributed by atoms with van der Waals surface area (Å²) in [6.45, 7) is 5.64. The lowest BCUT2D eigenvalue weighted by Gasteiger charge is -2.25. The fourth-order valence-electron chi connectivity index (χ4n) is 1.76. The fourth-order valence-corrected chi connectivity index (χ4v) is 1.76. The number of aliphatic hydroxyl groups excluding tert-OH is 1. The monoisotopic (exact) mass is 308 g/mol. The van der Waals surface area contributed by atoms with Crippen LogP contribution in [0, 0.1) is 0 Å². The topological polar surface area (TPSA) is 79.8 Å². The average molecular weight is 308 g/mol. The molecule has 2 atom stereocenters. The number of hydrogen-bond donors (Lipinski definition) is 3. The molecule has 1 aromatic carbocycles. The van der Waals surface area contributed by atoms with E-state index in [0.29, 0.717) is 18.0 Å². The molecule has 1 aromatic rings. The van der Waals surface area contributed by atoms with Crippen molar-refractivity contribution >= 4 is 12.5 Å². The van der Waals surface area contributed by atoms with Gasteiger partial charge in [0, 0.05) is 12.1 Å². The molecule has 6 heteroatoms. The van der Waals surface area contributed by atoms with E-state index in [-0.39, 0.29) is 6.04 Å². The number of methoxy groups -OCH3 is 1. The molecule has 0 bridgehead atoms. The van der Waals surface area contributed by atoms with Crippen LogP contribution >= 0.6 is 0 Å². The van der Waals surface area contributed by atoms with Gasteiger partial charge in [-0.25, -0.2) is 0 Å². The molecular weight excluding hydrogens is 284 g/mol. The molecule has 0 saturated heterocycles. The molecule has 0 heterocycles. The number of hydrogen-bond acceptors (Lipinski definition) is 5. The molecule has 0 aliphatic rings. The fraction of sp³-hybridized carbons (Fsp3) is 0.438. The van der Waals surface area contributed by atoms with Gasteiger partial charge in [0.15, 0.2) is 12.1 Å². The Balaban J connectivity index is 2.77. The SMILES string of the molecule is COC(=Cc1ccc(OC(NC(C)C)C(C)O)cc1)NC=O. The van der Waals surface area contributed by atoms with Gasteiger partial charge in [-0.1, -0.05) is 12.1 Å². The van der Waals surface area contributed by atoms with Crippen molar-refractivity contribution in [1.82, 2.24) is 10.6 Å². The van der Waals surface area contributed by atoms with Gasteiger partial charge in [-0.15, -0.1) is 0 Å². The zero-order valence-corrected chi connectivity index (χ0v) is 13.4. The predicted molar refractivity (Wildman–Crippen MR) is 85.0 cm³/mol. The van der Waals surface area contributed by atoms with Crippen LogP contribution in [-0.2, 0) is 9.53 Å². The number of nitrogens with one attached hydrogen (secondary N) is 2. The van der Waals surface area contributed by atoms with Gasteiger partial charge in [-0.2, -0.15) is 0 Å². The Morgan fingerprint density at radius 1 is 1.23 bits per heavy atom. The smallest absolute Gasteiger partial charge is 0.213 e. The summed E-state index contributed by atoms with van der Waals surface area (Å²) in [5.41, 5.74) is 0.851. The van der Waals surface area contributed by atoms with Crippen molar-refractivity contribution in [3.05, 3.63) is 35.7 Å². The van der Waals surface area contributed by atoms with Crippen molar-refractivity contribution in [2.45, 2.75) is 39.1 Å². The Hall–Kier alpha value is -2.05. The predicted octanol–water partition coefficient (Wildman–Crippen LogP) is 1.46. The molecular formula is C16H24N2O4. The van der Waals surface area contributed by atoms with Crippen LogP contribution < -0.4 is 15.4 Å². The normalized spacial score (nSPS) is 14.4. The summed E-state index contributed by atoms with van der Waals surface area (Å²) in [5.74, 6) is 0.991. The largest absolute Gasteiger partial charge is 0.482 e. The first-order valence-electron chi connectivity index (χ1n) is 7.13. The number of benzene rings is 1. The molecule has 1 rings (SSSR count). The second-order valence-corrected chi connectivity index (χ2v) is 5.14. The van der Waals surface area contributed by atoms with E-state index in [1.165, 1.54) is 7.11 Å². The number of carbonyl (C=O) groups excluding carboxylic acids is 1. The van der Waals surface area contributed by atoms with Crippen LogP contribution in [0.4, 0.5) is 0 Å². The first-order valence-corrected chi connectivity index (χ1v) is 7.13. The first kappa shape index (κ1) is 18.0. The summed E-state index contributed by atoms with van der Waals surface area (Å²) < 4.78 is 10.7. The lowest BCUT2D eigenvalue weighted by molar-refractivity contribution is -0.109. The summed E-state index contributed by atoms with van der Waals surface area (Å²) in [7, 11) is 1.48. The first-order chi connectivity index (χ1) is 10.5. The third kappa shape index (κ3) is 6.15. The van der Waals surface area contributed by atoms with Crippen LogP contribution in [0.5, 0.6) is 5.75 Å². The van der Waals surface area contributed by atoms with Crippen molar-refractivity contribution in [3.8, 4) is 5.75 Å². The van der Waals surface area contributed by atoms with E-state index in [1.807, 2.05) is 26.0 Å². The third-order valence-electron chi connectivity index (χ3n) is 2.80. The van der Waals surface area contributed by atoms with E-state index < -0.39 is 12.3 Å². The molecule has 22 heavy (non-hydrogen) atoms. The second-order valence-electron chi connectivity index (χ2n) is 5.14. The van der Waals surface area contributed by atoms with Crippen molar-refractivity contribution in [2.24, 2.45) is 0 Å². The molecule has 6 nitrogen and oxygen atoms in total. The van der Waals surface area contributed by atoms with Gasteiger partial charge < -0.3 is 14.6 Å². The van der Waals surface area contributed by atoms with Crippen molar-refractivity contribution in [1.29, 1.82) is 0 Å². The third-order valence-corrected chi connectivity index (χ3v) is 2.80. The van der Waals surface area contributed by atoms with Gasteiger partial charge in [0.2, 0.25) is 6.41 Å². The lowest BCUT2D eigenvalue weighted by atomic mass is 10.2. The second kappa shape index (κ2) is 9.07. The van der Waals surface area contributed by atoms with Crippen LogP contribution in [0.1, 0.15) is 26.3 Å². The molecule has 0 fully saturated rings. The van der Waals surface area contributed by atoms with E-state index in [9.17, 15) is 9.90 Å². The summed E-state index contributed by atoms with van der Waals surface area (Å²) in [6.07, 6.45) is 1.13. The van der Waals surface area contributed by atoms with E-state index >= 15 is 0 Å². The Kier molecular flexibility index (Phi) is 7.42. The Morgan fingerprint density at radius 3 is 2.32 bits per heavy atom. The molecule has 0 spiro atoms. The van der Waals surface area contributed by atoms with Gasteiger partial charge >= 0.3 is 0 Å². The Labute approximate surface area is 131 Å². The summed E-state index contributed by atoms with van der Waals surface area (Å²) in [6, 6.07) is 7.43. The molecule has 2 unspecified atom stereocenters. The number of aliphatic hydroxyl groups is 1. The summed E-state index contributed by atoms with van der Waals surface area (Å²) in [5, 5.41) is 15.3. The molecule has 0 aliphatic heterocycles. The van der Waals surface area contributed by atoms with Crippen molar-refractivity contribution in [3.63, 3.8) is 0 Å². The van der Waals surface area contributed by atoms with Crippen LogP contribution in [0.15, 0.2) is 30.1 Å². The zero-order valence-electron chi connectivity index (χ0n) is 13.4. The van der Waals surface area contributed by atoms with Crippen LogP contribution in [0.25, 0.3) is 6.08 Å². The maximum absolute atomic E-state index is 10.4. The van der Waals surface area contributed by atoms with Crippen LogP contribution in [0.3, 0.4) is 0 Å². The molecule has 122 valence electrons. The number of ether oxygens (including phenoxy) is 2. The Bertz CT molecular complexity index is 483. The molecule has 0 saturated carbocycles. The van der Waals surface area contributed by atoms with Crippen molar-refractivity contribution in [2.75, 3.05) is 7.11 Å². The number of rotatable bonds is 9. The standard InChI is InChI=1S/C16H24N2O4/c1-11(2)18-16(12(3)20)22-14-7-5-13(6-8-14)9-15(21-4)17-10-19/h5-12,16,18,20H,1-4H3,(H,17,19). The summed E-state index contributed by atoms with van der Waals surface area (Å²) >= 11 is 0. The highest BCUT2D eigenvalue weighted by molar-refractivity contribution is 5.58. The van der Waals surface area contributed by atoms with Crippen LogP contribution in [0.2, 0.25) is 0 Å². The zero-order chi connectivity index (χ0) is 16.5. The van der Waals surface area contributed by atoms with Crippen LogP contribution in [-0.4, -0.2) is 37.0 Å². The van der Waals surface area contributed by atoms with E-state index in [1.54, 1.807) is 25.1 Å². The van der Waals surface area contributed by atoms with E-state index in [0.717, 1.165) is 5.56 Å². The van der Waals surface area contributed by atoms with Gasteiger partial charge in [-0.3, -0.25) is 15.4 Å². The van der Waals surface area contributed by atoms with Crippen molar-refractivity contribution < 1.29 is 19.4 Å². The van der Waals surface area contributed by atoms with Gasteiger partial charge in [0.05, 0.1) is 7.11 Å². The number of carbonyl (C=O) groups is 1. The maximum atomic E-state index is 10.4. The minimum absolute atomic E-state index is 0.195. The molecule has 3 N–H and O–H groups in total. The maximum Gasteiger partial charge on any atom is 0.213 e. The van der Waals surface area contributed by atoms with Gasteiger partial charge in [0.1, 0.15) is 11.9 Å². The molecule has 0 aromatic heterocycles. The molecule has 1 amide bonds. The number of amides is 1. The molecule has 0 radical (unpaired) electrons. The van der Waals surface area contributed by atoms with E-state index in [4.69, 9.17) is 9.47 Å². The van der Waals surface area contributed by atoms with E-state index in [2.05, 4.69) is 10.6 Å². The quantitative estimate of drug-likeness (QED) is 0.366. The highest BCUT2D eigenvalue weighted by Crippen LogP contribution is 2.16. The van der Waals surface area contributed by atoms with Gasteiger partial charge in [-0.05, 0) is 38.5 Å². The highest BCUT2D eigenvalue weighted by Gasteiger charge is 2.17. The minimum atomic E-state index is -0.640. The lowest BCUT2D eigenvalue weighted by Crippen LogP contribution is -2.46. The average Bonchev–Trinajstić information content (AvgIpc) is 2.47. The van der Waals surface area contributed by atoms with Gasteiger partial charge in [0.25, 0.3) is 0 Å². The minimum Gasteiger partial charge on any atom is -0.482 e. The highest BCUT2D eigenvalue weighted by atomic mass is 16.5. The molecule has 0 aliphatic carbocycles. The summed E-state index contributed by atoms with van der Waals surface area (Å²) in [4.78, 5) is 10.4. The Morgan fingerprint density at radius 2 is 1.86 bits per heavy atom.